The molecule has 0 aromatic rings. The fraction of sp³-hybridized carbons (Fsp3) is 1.00. The average molecular weight is 182 g/mol. The fourth-order valence-electron chi connectivity index (χ4n) is 3.32. The van der Waals surface area contributed by atoms with E-state index in [1.54, 1.807) is 25.7 Å². The van der Waals surface area contributed by atoms with Crippen LogP contribution in [0.25, 0.3) is 0 Å². The predicted octanol–water partition coefficient (Wildman–Crippen LogP) is 4.49. The summed E-state index contributed by atoms with van der Waals surface area (Å²) in [4.78, 5) is 0. The highest BCUT2D eigenvalue weighted by Crippen LogP contribution is 2.47. The average Bonchev–Trinajstić information content (AvgIpc) is 2.46. The quantitative estimate of drug-likeness (QED) is 0.560. The summed E-state index contributed by atoms with van der Waals surface area (Å²) < 4.78 is 0. The second kappa shape index (κ2) is 4.48. The maximum atomic E-state index is 2.40. The number of rotatable bonds is 1. The Morgan fingerprint density at radius 2 is 1.38 bits per heavy atom. The molecule has 2 aliphatic rings. The van der Waals surface area contributed by atoms with Gasteiger partial charge in [-0.15, -0.1) is 0 Å². The van der Waals surface area contributed by atoms with E-state index in [1.165, 1.54) is 12.8 Å². The highest BCUT2D eigenvalue weighted by atomic mass is 14.4. The molecule has 13 heavy (non-hydrogen) atoms. The van der Waals surface area contributed by atoms with E-state index in [9.17, 15) is 0 Å². The van der Waals surface area contributed by atoms with E-state index in [1.807, 2.05) is 0 Å². The van der Waals surface area contributed by atoms with Crippen LogP contribution >= 0.6 is 0 Å². The van der Waals surface area contributed by atoms with Gasteiger partial charge < -0.3 is 0 Å². The van der Waals surface area contributed by atoms with Crippen molar-refractivity contribution in [3.8, 4) is 0 Å². The summed E-state index contributed by atoms with van der Waals surface area (Å²) in [6.45, 7) is 4.81. The van der Waals surface area contributed by atoms with Crippen LogP contribution in [0.4, 0.5) is 0 Å². The summed E-state index contributed by atoms with van der Waals surface area (Å²) in [5, 5.41) is 0. The molecule has 78 valence electrons. The summed E-state index contributed by atoms with van der Waals surface area (Å²) in [7, 11) is 0. The Bertz CT molecular complexity index is 134. The highest BCUT2D eigenvalue weighted by molar-refractivity contribution is 4.87. The molecule has 0 radical (unpaired) electrons. The molecule has 2 aliphatic carbocycles. The third-order valence-corrected chi connectivity index (χ3v) is 4.22. The Balaban J connectivity index is 0.000000845. The first-order valence-electron chi connectivity index (χ1n) is 5.77. The molecule has 0 saturated heterocycles. The van der Waals surface area contributed by atoms with E-state index in [0.29, 0.717) is 0 Å². The van der Waals surface area contributed by atoms with Crippen LogP contribution in [0.1, 0.15) is 59.8 Å². The monoisotopic (exact) mass is 182 g/mol. The van der Waals surface area contributed by atoms with Crippen molar-refractivity contribution in [2.24, 2.45) is 23.7 Å². The molecular formula is C13H26. The molecule has 2 rings (SSSR count). The van der Waals surface area contributed by atoms with Crippen LogP contribution in [0, 0.1) is 23.7 Å². The topological polar surface area (TPSA) is 0 Å². The lowest BCUT2D eigenvalue weighted by Gasteiger charge is -2.24. The predicted molar refractivity (Wildman–Crippen MR) is 59.7 cm³/mol. The zero-order valence-electron chi connectivity index (χ0n) is 8.55. The fourth-order valence-corrected chi connectivity index (χ4v) is 3.32. The van der Waals surface area contributed by atoms with Crippen molar-refractivity contribution in [3.63, 3.8) is 0 Å². The van der Waals surface area contributed by atoms with E-state index in [0.717, 1.165) is 23.7 Å². The van der Waals surface area contributed by atoms with E-state index >= 15 is 0 Å². The minimum Gasteiger partial charge on any atom is -0.0776 e. The van der Waals surface area contributed by atoms with Crippen LogP contribution in [-0.4, -0.2) is 0 Å². The minimum absolute atomic E-state index is 0. The maximum absolute atomic E-state index is 2.40. The second-order valence-corrected chi connectivity index (χ2v) is 5.28. The summed E-state index contributed by atoms with van der Waals surface area (Å²) >= 11 is 0. The molecule has 0 spiro atoms. The van der Waals surface area contributed by atoms with Crippen molar-refractivity contribution in [2.45, 2.75) is 59.8 Å². The largest absolute Gasteiger partial charge is 0.0776 e. The molecule has 2 saturated carbocycles. The summed E-state index contributed by atoms with van der Waals surface area (Å²) in [6, 6.07) is 0. The van der Waals surface area contributed by atoms with Gasteiger partial charge in [0.05, 0.1) is 0 Å². The molecule has 0 heterocycles. The van der Waals surface area contributed by atoms with Crippen molar-refractivity contribution in [1.82, 2.24) is 0 Å². The van der Waals surface area contributed by atoms with Gasteiger partial charge in [0.25, 0.3) is 0 Å². The van der Waals surface area contributed by atoms with Gasteiger partial charge in [0.1, 0.15) is 0 Å². The molecule has 2 unspecified atom stereocenters. The molecule has 0 heteroatoms. The summed E-state index contributed by atoms with van der Waals surface area (Å²) in [6.07, 6.45) is 9.25. The number of fused-ring (bicyclic) bond motifs is 1. The lowest BCUT2D eigenvalue weighted by molar-refractivity contribution is 0.277. The molecule has 2 fully saturated rings. The first kappa shape index (κ1) is 11.1. The van der Waals surface area contributed by atoms with Crippen LogP contribution in [0.5, 0.6) is 0 Å². The van der Waals surface area contributed by atoms with Crippen LogP contribution in [0.15, 0.2) is 0 Å². The van der Waals surface area contributed by atoms with Gasteiger partial charge in [-0.25, -0.2) is 0 Å². The van der Waals surface area contributed by atoms with Gasteiger partial charge in [0.15, 0.2) is 0 Å². The molecule has 0 aliphatic heterocycles. The van der Waals surface area contributed by atoms with Crippen molar-refractivity contribution in [3.05, 3.63) is 0 Å². The van der Waals surface area contributed by atoms with Crippen molar-refractivity contribution in [1.29, 1.82) is 0 Å². The zero-order chi connectivity index (χ0) is 8.55. The molecule has 0 aromatic carbocycles. The molecule has 0 amide bonds. The van der Waals surface area contributed by atoms with Gasteiger partial charge in [0, 0.05) is 0 Å². The van der Waals surface area contributed by atoms with Gasteiger partial charge in [-0.1, -0.05) is 47.0 Å². The van der Waals surface area contributed by atoms with Gasteiger partial charge in [-0.3, -0.25) is 0 Å². The van der Waals surface area contributed by atoms with Crippen LogP contribution < -0.4 is 0 Å². The number of hydrogen-bond donors (Lipinski definition) is 0. The van der Waals surface area contributed by atoms with Gasteiger partial charge in [0.2, 0.25) is 0 Å². The van der Waals surface area contributed by atoms with Crippen LogP contribution in [0.2, 0.25) is 0 Å². The minimum atomic E-state index is 0. The second-order valence-electron chi connectivity index (χ2n) is 5.28. The van der Waals surface area contributed by atoms with Crippen molar-refractivity contribution < 1.29 is 0 Å². The Kier molecular flexibility index (Phi) is 3.82. The highest BCUT2D eigenvalue weighted by Gasteiger charge is 2.36. The Morgan fingerprint density at radius 3 is 1.77 bits per heavy atom. The molecule has 0 N–H and O–H groups in total. The smallest absolute Gasteiger partial charge is 0.0383 e. The van der Waals surface area contributed by atoms with E-state index < -0.39 is 0 Å². The molecule has 0 aromatic heterocycles. The summed E-state index contributed by atoms with van der Waals surface area (Å²) in [5.74, 6) is 4.27. The first-order chi connectivity index (χ1) is 5.77. The van der Waals surface area contributed by atoms with Crippen molar-refractivity contribution in [2.75, 3.05) is 0 Å². The van der Waals surface area contributed by atoms with Crippen LogP contribution in [0.3, 0.4) is 0 Å². The third-order valence-electron chi connectivity index (χ3n) is 4.22. The van der Waals surface area contributed by atoms with Gasteiger partial charge >= 0.3 is 0 Å². The Hall–Kier alpha value is 0. The third kappa shape index (κ3) is 2.27. The van der Waals surface area contributed by atoms with E-state index in [4.69, 9.17) is 0 Å². The Morgan fingerprint density at radius 1 is 0.923 bits per heavy atom. The lowest BCUT2D eigenvalue weighted by Crippen LogP contribution is -2.12. The van der Waals surface area contributed by atoms with Gasteiger partial charge in [-0.2, -0.15) is 0 Å². The zero-order valence-corrected chi connectivity index (χ0v) is 8.55. The summed E-state index contributed by atoms with van der Waals surface area (Å²) in [5.41, 5.74) is 0. The Labute approximate surface area is 84.1 Å². The van der Waals surface area contributed by atoms with Crippen LogP contribution in [-0.2, 0) is 0 Å². The lowest BCUT2D eigenvalue weighted by atomic mass is 9.82. The van der Waals surface area contributed by atoms with E-state index in [2.05, 4.69) is 13.8 Å². The molecule has 0 nitrogen and oxygen atoms in total. The number of hydrogen-bond acceptors (Lipinski definition) is 0. The van der Waals surface area contributed by atoms with Gasteiger partial charge in [-0.05, 0) is 36.5 Å². The standard InChI is InChI=1S/C12H22.CH4/c1-9(2)12-7-10-5-3-4-6-11(10)8-12;/h9-12H,3-8H2,1-2H3;1H4. The SMILES string of the molecule is C.CC(C)C1CC2CCCCC2C1. The first-order valence-corrected chi connectivity index (χ1v) is 5.77. The maximum Gasteiger partial charge on any atom is -0.0383 e. The molecule has 2 atom stereocenters. The molecule has 0 bridgehead atoms. The normalized spacial score (nSPS) is 38.5. The van der Waals surface area contributed by atoms with E-state index in [-0.39, 0.29) is 7.43 Å². The van der Waals surface area contributed by atoms with Crippen molar-refractivity contribution >= 4 is 0 Å². The molecular weight excluding hydrogens is 156 g/mol.